The van der Waals surface area contributed by atoms with Crippen molar-refractivity contribution in [3.63, 3.8) is 0 Å². The number of fused-ring (bicyclic) bond motifs is 1. The second kappa shape index (κ2) is 5.19. The molecule has 10 heteroatoms. The fourth-order valence-electron chi connectivity index (χ4n) is 2.00. The third-order valence-corrected chi connectivity index (χ3v) is 3.98. The van der Waals surface area contributed by atoms with Crippen LogP contribution in [0.3, 0.4) is 0 Å². The molecule has 0 radical (unpaired) electrons. The number of nitrogens with zero attached hydrogens (tertiary/aromatic N) is 1. The molecule has 116 valence electrons. The molecule has 1 aromatic rings. The molecule has 0 saturated carbocycles. The number of carboxylic acid groups (broad SMARTS) is 1. The van der Waals surface area contributed by atoms with Crippen molar-refractivity contribution in [2.75, 3.05) is 6.54 Å². The second-order valence-corrected chi connectivity index (χ2v) is 5.84. The molecule has 0 bridgehead atoms. The first-order valence-electron chi connectivity index (χ1n) is 5.70. The van der Waals surface area contributed by atoms with Crippen LogP contribution in [0.15, 0.2) is 24.3 Å². The van der Waals surface area contributed by atoms with E-state index in [1.807, 2.05) is 0 Å². The van der Waals surface area contributed by atoms with Gasteiger partial charge in [-0.25, -0.2) is 8.98 Å². The smallest absolute Gasteiger partial charge is 0.465 e. The molecule has 2 rings (SSSR count). The van der Waals surface area contributed by atoms with Crippen LogP contribution in [-0.4, -0.2) is 36.6 Å². The first-order chi connectivity index (χ1) is 9.63. The summed E-state index contributed by atoms with van der Waals surface area (Å²) in [5, 5.41) is 9.00. The molecule has 1 atom stereocenters. The van der Waals surface area contributed by atoms with E-state index in [0.717, 1.165) is 0 Å². The second-order valence-electron chi connectivity index (χ2n) is 4.27. The maximum Gasteiger partial charge on any atom is 0.523 e. The zero-order chi connectivity index (χ0) is 15.8. The molecule has 0 aliphatic carbocycles. The lowest BCUT2D eigenvalue weighted by Crippen LogP contribution is -2.42. The van der Waals surface area contributed by atoms with Gasteiger partial charge in [-0.1, -0.05) is 24.3 Å². The number of amides is 1. The molecular formula is C11H10F3NO5S. The van der Waals surface area contributed by atoms with Gasteiger partial charge in [-0.3, -0.25) is 4.90 Å². The van der Waals surface area contributed by atoms with Crippen LogP contribution in [0.2, 0.25) is 0 Å². The van der Waals surface area contributed by atoms with E-state index in [4.69, 9.17) is 5.11 Å². The Morgan fingerprint density at radius 2 is 1.95 bits per heavy atom. The Kier molecular flexibility index (Phi) is 3.85. The summed E-state index contributed by atoms with van der Waals surface area (Å²) < 4.78 is 63.6. The quantitative estimate of drug-likeness (QED) is 0.665. The molecule has 0 fully saturated rings. The van der Waals surface area contributed by atoms with E-state index >= 15 is 0 Å². The van der Waals surface area contributed by atoms with Crippen molar-refractivity contribution in [1.82, 2.24) is 4.90 Å². The largest absolute Gasteiger partial charge is 0.523 e. The van der Waals surface area contributed by atoms with Crippen LogP contribution in [0, 0.1) is 0 Å². The fraction of sp³-hybridized carbons (Fsp3) is 0.364. The third-order valence-electron chi connectivity index (χ3n) is 2.97. The van der Waals surface area contributed by atoms with Crippen LogP contribution in [0.5, 0.6) is 0 Å². The summed E-state index contributed by atoms with van der Waals surface area (Å²) in [7, 11) is -5.91. The molecule has 1 N–H and O–H groups in total. The van der Waals surface area contributed by atoms with E-state index in [1.165, 1.54) is 12.1 Å². The highest BCUT2D eigenvalue weighted by Gasteiger charge is 2.50. The number of hydrogen-bond donors (Lipinski definition) is 1. The van der Waals surface area contributed by atoms with E-state index in [-0.39, 0.29) is 18.5 Å². The highest BCUT2D eigenvalue weighted by molar-refractivity contribution is 7.87. The number of alkyl halides is 3. The van der Waals surface area contributed by atoms with Gasteiger partial charge in [0.1, 0.15) is 0 Å². The summed E-state index contributed by atoms with van der Waals surface area (Å²) in [5.41, 5.74) is -5.00. The Hall–Kier alpha value is -1.81. The van der Waals surface area contributed by atoms with Crippen molar-refractivity contribution in [3.8, 4) is 0 Å². The van der Waals surface area contributed by atoms with E-state index < -0.39 is 27.9 Å². The molecule has 1 heterocycles. The zero-order valence-corrected chi connectivity index (χ0v) is 11.2. The lowest BCUT2D eigenvalue weighted by Gasteiger charge is -2.34. The van der Waals surface area contributed by atoms with Crippen molar-refractivity contribution >= 4 is 16.2 Å². The van der Waals surface area contributed by atoms with Crippen molar-refractivity contribution in [3.05, 3.63) is 35.4 Å². The van der Waals surface area contributed by atoms with Crippen molar-refractivity contribution in [1.29, 1.82) is 0 Å². The van der Waals surface area contributed by atoms with Gasteiger partial charge in [0.25, 0.3) is 0 Å². The Balaban J connectivity index is 2.44. The van der Waals surface area contributed by atoms with Crippen LogP contribution < -0.4 is 0 Å². The normalized spacial score (nSPS) is 19.2. The summed E-state index contributed by atoms with van der Waals surface area (Å²) in [6.45, 7) is -0.162. The summed E-state index contributed by atoms with van der Waals surface area (Å²) in [4.78, 5) is 11.6. The molecule has 1 aliphatic heterocycles. The van der Waals surface area contributed by atoms with Gasteiger partial charge in [0.15, 0.2) is 6.23 Å². The van der Waals surface area contributed by atoms with Crippen molar-refractivity contribution < 1.29 is 35.7 Å². The average Bonchev–Trinajstić information content (AvgIpc) is 2.37. The van der Waals surface area contributed by atoms with Gasteiger partial charge in [0, 0.05) is 12.1 Å². The van der Waals surface area contributed by atoms with Gasteiger partial charge in [0.2, 0.25) is 0 Å². The van der Waals surface area contributed by atoms with Crippen LogP contribution in [0.4, 0.5) is 18.0 Å². The summed E-state index contributed by atoms with van der Waals surface area (Å²) in [6.07, 6.45) is -3.15. The Bertz CT molecular complexity index is 658. The van der Waals surface area contributed by atoms with E-state index in [1.54, 1.807) is 12.1 Å². The minimum Gasteiger partial charge on any atom is -0.465 e. The van der Waals surface area contributed by atoms with Crippen molar-refractivity contribution in [2.24, 2.45) is 0 Å². The standard InChI is InChI=1S/C11H10F3NO5S/c12-11(13,14)21(18,19)20-9-8-4-2-1-3-7(8)5-6-15(9)10(16)17/h1-4,9H,5-6H2,(H,16,17). The van der Waals surface area contributed by atoms with E-state index in [9.17, 15) is 26.4 Å². The molecular weight excluding hydrogens is 315 g/mol. The minimum absolute atomic E-state index is 0.0824. The molecule has 1 unspecified atom stereocenters. The zero-order valence-electron chi connectivity index (χ0n) is 10.4. The summed E-state index contributed by atoms with van der Waals surface area (Å²) in [5.74, 6) is 0. The highest BCUT2D eigenvalue weighted by Crippen LogP contribution is 2.36. The van der Waals surface area contributed by atoms with Crippen LogP contribution in [0.25, 0.3) is 0 Å². The van der Waals surface area contributed by atoms with Gasteiger partial charge in [-0.05, 0) is 12.0 Å². The van der Waals surface area contributed by atoms with Gasteiger partial charge in [0.05, 0.1) is 0 Å². The van der Waals surface area contributed by atoms with Crippen LogP contribution in [-0.2, 0) is 20.7 Å². The number of rotatable bonds is 2. The molecule has 0 spiro atoms. The summed E-state index contributed by atoms with van der Waals surface area (Å²) >= 11 is 0. The van der Waals surface area contributed by atoms with Gasteiger partial charge in [-0.15, -0.1) is 0 Å². The topological polar surface area (TPSA) is 83.9 Å². The van der Waals surface area contributed by atoms with E-state index in [0.29, 0.717) is 10.5 Å². The third kappa shape index (κ3) is 2.95. The number of benzene rings is 1. The Morgan fingerprint density at radius 3 is 2.52 bits per heavy atom. The molecule has 1 aliphatic rings. The Morgan fingerprint density at radius 1 is 1.33 bits per heavy atom. The average molecular weight is 325 g/mol. The molecule has 1 aromatic carbocycles. The number of halogens is 3. The lowest BCUT2D eigenvalue weighted by molar-refractivity contribution is -0.0670. The predicted octanol–water partition coefficient (Wildman–Crippen LogP) is 2.09. The first-order valence-corrected chi connectivity index (χ1v) is 7.11. The highest BCUT2D eigenvalue weighted by atomic mass is 32.2. The first kappa shape index (κ1) is 15.6. The van der Waals surface area contributed by atoms with Gasteiger partial charge >= 0.3 is 21.7 Å². The molecule has 1 amide bonds. The SMILES string of the molecule is O=C(O)N1CCc2ccccc2C1OS(=O)(=O)C(F)(F)F. The predicted molar refractivity (Wildman–Crippen MR) is 63.7 cm³/mol. The maximum absolute atomic E-state index is 12.4. The Labute approximate surface area is 117 Å². The van der Waals surface area contributed by atoms with Gasteiger partial charge < -0.3 is 5.11 Å². The molecule has 21 heavy (non-hydrogen) atoms. The molecule has 0 saturated heterocycles. The molecule has 0 aromatic heterocycles. The lowest BCUT2D eigenvalue weighted by atomic mass is 9.99. The number of carbonyl (C=O) groups is 1. The van der Waals surface area contributed by atoms with Crippen LogP contribution >= 0.6 is 0 Å². The maximum atomic E-state index is 12.4. The molecule has 6 nitrogen and oxygen atoms in total. The number of hydrogen-bond acceptors (Lipinski definition) is 4. The summed E-state index contributed by atoms with van der Waals surface area (Å²) in [6, 6.07) is 5.98. The van der Waals surface area contributed by atoms with Gasteiger partial charge in [-0.2, -0.15) is 21.6 Å². The minimum atomic E-state index is -5.91. The van der Waals surface area contributed by atoms with E-state index in [2.05, 4.69) is 4.18 Å². The monoisotopic (exact) mass is 325 g/mol. The van der Waals surface area contributed by atoms with Crippen LogP contribution in [0.1, 0.15) is 17.4 Å². The fourth-order valence-corrected chi connectivity index (χ4v) is 2.56. The van der Waals surface area contributed by atoms with Crippen molar-refractivity contribution in [2.45, 2.75) is 18.2 Å².